The van der Waals surface area contributed by atoms with E-state index in [1.807, 2.05) is 18.2 Å². The quantitative estimate of drug-likeness (QED) is 0.723. The van der Waals surface area contributed by atoms with Gasteiger partial charge in [0.05, 0.1) is 11.2 Å². The molecule has 2 nitrogen and oxygen atoms in total. The molecule has 0 aliphatic carbocycles. The van der Waals surface area contributed by atoms with Crippen LogP contribution in [0.4, 0.5) is 0 Å². The minimum atomic E-state index is -0.247. The fourth-order valence-corrected chi connectivity index (χ4v) is 2.15. The first kappa shape index (κ1) is 12.0. The molecule has 0 saturated carbocycles. The Bertz CT molecular complexity index is 510. The van der Waals surface area contributed by atoms with Gasteiger partial charge in [0.15, 0.2) is 5.76 Å². The first-order valence-electron chi connectivity index (χ1n) is 4.63. The second-order valence-electron chi connectivity index (χ2n) is 3.30. The summed E-state index contributed by atoms with van der Waals surface area (Å²) in [7, 11) is 0. The number of hydrogen-bond donors (Lipinski definition) is 0. The predicted molar refractivity (Wildman–Crippen MR) is 68.9 cm³/mol. The van der Waals surface area contributed by atoms with E-state index in [-0.39, 0.29) is 5.38 Å². The summed E-state index contributed by atoms with van der Waals surface area (Å²) in [6.45, 7) is 1.81. The second kappa shape index (κ2) is 4.78. The van der Waals surface area contributed by atoms with Gasteiger partial charge >= 0.3 is 0 Å². The Kier molecular flexibility index (Phi) is 3.57. The average molecular weight is 321 g/mol. The van der Waals surface area contributed by atoms with Crippen LogP contribution in [0.2, 0.25) is 5.02 Å². The highest BCUT2D eigenvalue weighted by Gasteiger charge is 2.12. The van der Waals surface area contributed by atoms with E-state index in [0.717, 1.165) is 10.0 Å². The number of rotatable bonds is 2. The molecule has 5 heteroatoms. The monoisotopic (exact) mass is 319 g/mol. The first-order valence-corrected chi connectivity index (χ1v) is 6.24. The molecular formula is C11H8BrCl2NO. The lowest BCUT2D eigenvalue weighted by Gasteiger charge is -2.00. The Balaban J connectivity index is 2.42. The molecule has 0 spiro atoms. The maximum Gasteiger partial charge on any atom is 0.212 e. The molecule has 1 heterocycles. The predicted octanol–water partition coefficient (Wildman–Crippen LogP) is 5.06. The van der Waals surface area contributed by atoms with Crippen molar-refractivity contribution in [3.63, 3.8) is 0 Å². The molecule has 1 unspecified atom stereocenters. The molecular weight excluding hydrogens is 313 g/mol. The van der Waals surface area contributed by atoms with Gasteiger partial charge < -0.3 is 4.42 Å². The van der Waals surface area contributed by atoms with Gasteiger partial charge in [-0.1, -0.05) is 27.5 Å². The number of benzene rings is 1. The molecule has 0 amide bonds. The highest BCUT2D eigenvalue weighted by Crippen LogP contribution is 2.32. The van der Waals surface area contributed by atoms with Crippen molar-refractivity contribution in [1.82, 2.24) is 4.98 Å². The minimum absolute atomic E-state index is 0.247. The summed E-state index contributed by atoms with van der Waals surface area (Å²) < 4.78 is 6.43. The maximum atomic E-state index is 6.10. The summed E-state index contributed by atoms with van der Waals surface area (Å²) >= 11 is 15.3. The summed E-state index contributed by atoms with van der Waals surface area (Å²) in [6.07, 6.45) is 1.63. The molecule has 1 atom stereocenters. The van der Waals surface area contributed by atoms with Gasteiger partial charge in [0.2, 0.25) is 5.89 Å². The van der Waals surface area contributed by atoms with Crippen LogP contribution in [0.25, 0.3) is 11.3 Å². The molecule has 0 N–H and O–H groups in total. The average Bonchev–Trinajstić information content (AvgIpc) is 2.66. The maximum absolute atomic E-state index is 6.10. The molecule has 1 aromatic carbocycles. The SMILES string of the molecule is CC(Cl)c1ncc(-c2ccc(Br)cc2Cl)o1. The van der Waals surface area contributed by atoms with E-state index in [4.69, 9.17) is 27.6 Å². The zero-order valence-corrected chi connectivity index (χ0v) is 11.5. The Hall–Kier alpha value is -0.510. The van der Waals surface area contributed by atoms with Gasteiger partial charge in [0, 0.05) is 10.0 Å². The van der Waals surface area contributed by atoms with Crippen molar-refractivity contribution in [2.75, 3.05) is 0 Å². The van der Waals surface area contributed by atoms with Crippen molar-refractivity contribution < 1.29 is 4.42 Å². The summed E-state index contributed by atoms with van der Waals surface area (Å²) in [4.78, 5) is 4.09. The molecule has 0 aliphatic rings. The molecule has 0 bridgehead atoms. The van der Waals surface area contributed by atoms with Crippen molar-refractivity contribution in [3.05, 3.63) is 39.8 Å². The van der Waals surface area contributed by atoms with Crippen LogP contribution in [0.5, 0.6) is 0 Å². The third-order valence-electron chi connectivity index (χ3n) is 2.06. The Labute approximate surface area is 112 Å². The Morgan fingerprint density at radius 2 is 2.19 bits per heavy atom. The zero-order chi connectivity index (χ0) is 11.7. The lowest BCUT2D eigenvalue weighted by Crippen LogP contribution is -1.81. The van der Waals surface area contributed by atoms with Crippen molar-refractivity contribution in [2.24, 2.45) is 0 Å². The van der Waals surface area contributed by atoms with Crippen LogP contribution < -0.4 is 0 Å². The number of alkyl halides is 1. The summed E-state index contributed by atoms with van der Waals surface area (Å²) in [5.74, 6) is 1.12. The van der Waals surface area contributed by atoms with E-state index >= 15 is 0 Å². The van der Waals surface area contributed by atoms with Gasteiger partial charge in [-0.2, -0.15) is 0 Å². The van der Waals surface area contributed by atoms with Crippen LogP contribution in [-0.4, -0.2) is 4.98 Å². The van der Waals surface area contributed by atoms with E-state index < -0.39 is 0 Å². The summed E-state index contributed by atoms with van der Waals surface area (Å²) in [5, 5.41) is 0.363. The fraction of sp³-hybridized carbons (Fsp3) is 0.182. The van der Waals surface area contributed by atoms with E-state index in [2.05, 4.69) is 20.9 Å². The number of oxazole rings is 1. The number of hydrogen-bond acceptors (Lipinski definition) is 2. The third-order valence-corrected chi connectivity index (χ3v) is 3.05. The molecule has 0 fully saturated rings. The van der Waals surface area contributed by atoms with Gasteiger partial charge in [-0.25, -0.2) is 4.98 Å². The lowest BCUT2D eigenvalue weighted by molar-refractivity contribution is 0.508. The van der Waals surface area contributed by atoms with Crippen LogP contribution in [-0.2, 0) is 0 Å². The molecule has 2 aromatic rings. The Morgan fingerprint density at radius 3 is 2.75 bits per heavy atom. The molecule has 0 radical (unpaired) electrons. The third kappa shape index (κ3) is 2.42. The highest BCUT2D eigenvalue weighted by atomic mass is 79.9. The van der Waals surface area contributed by atoms with E-state index in [9.17, 15) is 0 Å². The molecule has 16 heavy (non-hydrogen) atoms. The molecule has 1 aromatic heterocycles. The highest BCUT2D eigenvalue weighted by molar-refractivity contribution is 9.10. The van der Waals surface area contributed by atoms with Gasteiger partial charge in [0.1, 0.15) is 5.38 Å². The normalized spacial score (nSPS) is 12.8. The zero-order valence-electron chi connectivity index (χ0n) is 8.38. The standard InChI is InChI=1S/C11H8BrCl2NO/c1-6(13)11-15-5-10(16-11)8-3-2-7(12)4-9(8)14/h2-6H,1H3. The number of halogens is 3. The van der Waals surface area contributed by atoms with E-state index in [1.54, 1.807) is 13.1 Å². The van der Waals surface area contributed by atoms with Gasteiger partial charge in [0.25, 0.3) is 0 Å². The smallest absolute Gasteiger partial charge is 0.212 e. The van der Waals surface area contributed by atoms with Crippen molar-refractivity contribution >= 4 is 39.1 Å². The molecule has 0 aliphatic heterocycles. The van der Waals surface area contributed by atoms with Crippen molar-refractivity contribution in [3.8, 4) is 11.3 Å². The largest absolute Gasteiger partial charge is 0.439 e. The molecule has 84 valence electrons. The summed E-state index contributed by atoms with van der Waals surface area (Å²) in [5.41, 5.74) is 0.806. The lowest BCUT2D eigenvalue weighted by atomic mass is 10.2. The van der Waals surface area contributed by atoms with Crippen molar-refractivity contribution in [1.29, 1.82) is 0 Å². The van der Waals surface area contributed by atoms with Crippen LogP contribution in [0.15, 0.2) is 33.3 Å². The Morgan fingerprint density at radius 1 is 1.44 bits per heavy atom. The first-order chi connectivity index (χ1) is 7.58. The fourth-order valence-electron chi connectivity index (χ4n) is 1.29. The van der Waals surface area contributed by atoms with Crippen LogP contribution in [0.3, 0.4) is 0 Å². The topological polar surface area (TPSA) is 26.0 Å². The van der Waals surface area contributed by atoms with E-state index in [1.165, 1.54) is 0 Å². The van der Waals surface area contributed by atoms with Gasteiger partial charge in [-0.05, 0) is 25.1 Å². The summed E-state index contributed by atoms with van der Waals surface area (Å²) in [6, 6.07) is 5.58. The van der Waals surface area contributed by atoms with Crippen LogP contribution in [0.1, 0.15) is 18.2 Å². The number of aromatic nitrogens is 1. The molecule has 0 saturated heterocycles. The van der Waals surface area contributed by atoms with Gasteiger partial charge in [-0.3, -0.25) is 0 Å². The van der Waals surface area contributed by atoms with Crippen LogP contribution in [0, 0.1) is 0 Å². The van der Waals surface area contributed by atoms with E-state index in [0.29, 0.717) is 16.7 Å². The number of nitrogens with zero attached hydrogens (tertiary/aromatic N) is 1. The second-order valence-corrected chi connectivity index (χ2v) is 5.28. The van der Waals surface area contributed by atoms with Crippen LogP contribution >= 0.6 is 39.1 Å². The van der Waals surface area contributed by atoms with Crippen molar-refractivity contribution in [2.45, 2.75) is 12.3 Å². The van der Waals surface area contributed by atoms with Gasteiger partial charge in [-0.15, -0.1) is 11.6 Å². The minimum Gasteiger partial charge on any atom is -0.439 e. The molecule has 2 rings (SSSR count).